The van der Waals surface area contributed by atoms with Gasteiger partial charge in [0.1, 0.15) is 6.54 Å². The molecule has 1 amide bonds. The van der Waals surface area contributed by atoms with E-state index < -0.39 is 0 Å². The largest absolute Gasteiger partial charge is 0.396 e. The summed E-state index contributed by atoms with van der Waals surface area (Å²) in [6, 6.07) is 7.08. The molecule has 2 rings (SSSR count). The Morgan fingerprint density at radius 2 is 2.09 bits per heavy atom. The van der Waals surface area contributed by atoms with Gasteiger partial charge in [0.15, 0.2) is 0 Å². The van der Waals surface area contributed by atoms with Crippen LogP contribution in [0.25, 0.3) is 10.9 Å². The van der Waals surface area contributed by atoms with Gasteiger partial charge in [0.05, 0.1) is 11.7 Å². The summed E-state index contributed by atoms with van der Waals surface area (Å²) in [5.74, 6) is -0.174. The number of benzene rings is 1. The predicted octanol–water partition coefficient (Wildman–Crippen LogP) is 0.921. The smallest absolute Gasteiger partial charge is 0.241 e. The molecule has 6 nitrogen and oxygen atoms in total. The van der Waals surface area contributed by atoms with Gasteiger partial charge in [0.2, 0.25) is 11.3 Å². The first-order valence-electron chi connectivity index (χ1n) is 7.25. The number of fused-ring (bicyclic) bond motifs is 1. The number of hydrogen-bond acceptors (Lipinski definition) is 4. The number of aliphatic hydroxyl groups is 1. The van der Waals surface area contributed by atoms with Gasteiger partial charge in [-0.3, -0.25) is 14.3 Å². The molecule has 0 bridgehead atoms. The van der Waals surface area contributed by atoms with Crippen LogP contribution in [0.5, 0.6) is 0 Å². The van der Waals surface area contributed by atoms with Gasteiger partial charge in [0, 0.05) is 18.5 Å². The van der Waals surface area contributed by atoms with E-state index in [-0.39, 0.29) is 29.9 Å². The van der Waals surface area contributed by atoms with Crippen molar-refractivity contribution in [3.63, 3.8) is 0 Å². The van der Waals surface area contributed by atoms with Crippen LogP contribution in [-0.2, 0) is 11.3 Å². The summed E-state index contributed by atoms with van der Waals surface area (Å²) < 4.78 is 1.52. The van der Waals surface area contributed by atoms with Crippen LogP contribution in [0.1, 0.15) is 20.3 Å². The quantitative estimate of drug-likeness (QED) is 0.831. The third kappa shape index (κ3) is 3.92. The Morgan fingerprint density at radius 1 is 1.36 bits per heavy atom. The van der Waals surface area contributed by atoms with Crippen LogP contribution in [0.15, 0.2) is 35.3 Å². The van der Waals surface area contributed by atoms with E-state index in [1.807, 2.05) is 19.9 Å². The number of hydrogen-bond donors (Lipinski definition) is 2. The molecule has 2 aromatic rings. The van der Waals surface area contributed by atoms with Crippen molar-refractivity contribution >= 4 is 16.8 Å². The monoisotopic (exact) mass is 303 g/mol. The minimum atomic E-state index is -0.174. The fourth-order valence-electron chi connectivity index (χ4n) is 2.21. The second kappa shape index (κ2) is 6.70. The summed E-state index contributed by atoms with van der Waals surface area (Å²) in [6.07, 6.45) is 1.85. The van der Waals surface area contributed by atoms with Crippen LogP contribution >= 0.6 is 0 Å². The number of rotatable bonds is 6. The molecular formula is C16H21N3O3. The molecule has 0 aliphatic heterocycles. The summed E-state index contributed by atoms with van der Waals surface area (Å²) in [5, 5.41) is 16.4. The molecule has 0 saturated carbocycles. The van der Waals surface area contributed by atoms with E-state index in [1.165, 1.54) is 10.9 Å². The molecule has 0 fully saturated rings. The number of carbonyl (C=O) groups excluding carboxylic acids is 1. The minimum Gasteiger partial charge on any atom is -0.396 e. The van der Waals surface area contributed by atoms with E-state index in [2.05, 4.69) is 10.4 Å². The van der Waals surface area contributed by atoms with Gasteiger partial charge in [-0.25, -0.2) is 0 Å². The average Bonchev–Trinajstić information content (AvgIpc) is 2.48. The third-order valence-electron chi connectivity index (χ3n) is 3.61. The highest BCUT2D eigenvalue weighted by Gasteiger charge is 2.18. The third-order valence-corrected chi connectivity index (χ3v) is 3.61. The Kier molecular flexibility index (Phi) is 4.92. The van der Waals surface area contributed by atoms with Crippen molar-refractivity contribution in [2.45, 2.75) is 26.8 Å². The number of aromatic nitrogens is 2. The highest BCUT2D eigenvalue weighted by atomic mass is 16.3. The molecular weight excluding hydrogens is 282 g/mol. The lowest BCUT2D eigenvalue weighted by Crippen LogP contribution is -2.36. The number of carbonyl (C=O) groups is 1. The van der Waals surface area contributed by atoms with Crippen LogP contribution in [0, 0.1) is 5.41 Å². The maximum absolute atomic E-state index is 12.1. The number of para-hydroxylation sites is 1. The molecule has 0 saturated heterocycles. The zero-order chi connectivity index (χ0) is 16.2. The molecule has 0 atom stereocenters. The second-order valence-corrected chi connectivity index (χ2v) is 6.10. The Labute approximate surface area is 128 Å². The second-order valence-electron chi connectivity index (χ2n) is 6.10. The SMILES string of the molecule is CC(C)(CCO)CNC(=O)Cn1ncc(=O)c2ccccc21. The Morgan fingerprint density at radius 3 is 2.82 bits per heavy atom. The molecule has 118 valence electrons. The maximum Gasteiger partial charge on any atom is 0.241 e. The number of aliphatic hydroxyl groups excluding tert-OH is 1. The Balaban J connectivity index is 2.10. The lowest BCUT2D eigenvalue weighted by atomic mass is 9.90. The topological polar surface area (TPSA) is 84.2 Å². The van der Waals surface area contributed by atoms with Gasteiger partial charge in [-0.15, -0.1) is 0 Å². The minimum absolute atomic E-state index is 0.0516. The van der Waals surface area contributed by atoms with Crippen LogP contribution < -0.4 is 10.7 Å². The first-order chi connectivity index (χ1) is 10.4. The van der Waals surface area contributed by atoms with Gasteiger partial charge < -0.3 is 10.4 Å². The Hall–Kier alpha value is -2.21. The Bertz CT molecular complexity index is 722. The molecule has 1 aromatic heterocycles. The van der Waals surface area contributed by atoms with Crippen molar-refractivity contribution in [1.29, 1.82) is 0 Å². The van der Waals surface area contributed by atoms with Gasteiger partial charge in [-0.1, -0.05) is 26.0 Å². The van der Waals surface area contributed by atoms with Crippen molar-refractivity contribution in [1.82, 2.24) is 15.1 Å². The summed E-state index contributed by atoms with van der Waals surface area (Å²) in [5.41, 5.74) is 0.319. The first-order valence-corrected chi connectivity index (χ1v) is 7.25. The van der Waals surface area contributed by atoms with Crippen molar-refractivity contribution in [2.75, 3.05) is 13.2 Å². The lowest BCUT2D eigenvalue weighted by molar-refractivity contribution is -0.122. The van der Waals surface area contributed by atoms with Gasteiger partial charge in [-0.05, 0) is 24.0 Å². The average molecular weight is 303 g/mol. The summed E-state index contributed by atoms with van der Waals surface area (Å²) in [7, 11) is 0. The molecule has 6 heteroatoms. The van der Waals surface area contributed by atoms with Gasteiger partial charge in [0.25, 0.3) is 0 Å². The van der Waals surface area contributed by atoms with E-state index in [9.17, 15) is 9.59 Å². The van der Waals surface area contributed by atoms with Crippen LogP contribution in [0.2, 0.25) is 0 Å². The van der Waals surface area contributed by atoms with E-state index in [4.69, 9.17) is 5.11 Å². The summed E-state index contributed by atoms with van der Waals surface area (Å²) in [6.45, 7) is 4.59. The van der Waals surface area contributed by atoms with Crippen molar-refractivity contribution in [2.24, 2.45) is 5.41 Å². The van der Waals surface area contributed by atoms with Crippen LogP contribution in [-0.4, -0.2) is 33.9 Å². The number of amides is 1. The molecule has 0 radical (unpaired) electrons. The van der Waals surface area contributed by atoms with Gasteiger partial charge >= 0.3 is 0 Å². The molecule has 0 unspecified atom stereocenters. The molecule has 0 aliphatic rings. The molecule has 0 aliphatic carbocycles. The molecule has 22 heavy (non-hydrogen) atoms. The van der Waals surface area contributed by atoms with E-state index in [0.29, 0.717) is 23.9 Å². The molecule has 2 N–H and O–H groups in total. The van der Waals surface area contributed by atoms with Crippen molar-refractivity contribution in [3.05, 3.63) is 40.7 Å². The van der Waals surface area contributed by atoms with Gasteiger partial charge in [-0.2, -0.15) is 5.10 Å². The van der Waals surface area contributed by atoms with Crippen molar-refractivity contribution < 1.29 is 9.90 Å². The highest BCUT2D eigenvalue weighted by Crippen LogP contribution is 2.17. The van der Waals surface area contributed by atoms with E-state index in [1.54, 1.807) is 18.2 Å². The maximum atomic E-state index is 12.1. The standard InChI is InChI=1S/C16H21N3O3/c1-16(2,7-8-20)11-17-15(22)10-19-13-6-4-3-5-12(13)14(21)9-18-19/h3-6,9,20H,7-8,10-11H2,1-2H3,(H,17,22). The van der Waals surface area contributed by atoms with Crippen LogP contribution in [0.4, 0.5) is 0 Å². The molecule has 1 aromatic carbocycles. The number of nitrogens with one attached hydrogen (secondary N) is 1. The summed E-state index contributed by atoms with van der Waals surface area (Å²) in [4.78, 5) is 23.8. The molecule has 0 spiro atoms. The lowest BCUT2D eigenvalue weighted by Gasteiger charge is -2.23. The summed E-state index contributed by atoms with van der Waals surface area (Å²) >= 11 is 0. The van der Waals surface area contributed by atoms with E-state index >= 15 is 0 Å². The van der Waals surface area contributed by atoms with Crippen LogP contribution in [0.3, 0.4) is 0 Å². The normalized spacial score (nSPS) is 11.6. The fraction of sp³-hybridized carbons (Fsp3) is 0.438. The van der Waals surface area contributed by atoms with E-state index in [0.717, 1.165) is 0 Å². The number of nitrogens with zero attached hydrogens (tertiary/aromatic N) is 2. The first kappa shape index (κ1) is 16.2. The highest BCUT2D eigenvalue weighted by molar-refractivity contribution is 5.81. The van der Waals surface area contributed by atoms with Crippen molar-refractivity contribution in [3.8, 4) is 0 Å². The zero-order valence-electron chi connectivity index (χ0n) is 12.9. The fourth-order valence-corrected chi connectivity index (χ4v) is 2.21. The predicted molar refractivity (Wildman–Crippen MR) is 84.5 cm³/mol. The molecule has 1 heterocycles. The zero-order valence-corrected chi connectivity index (χ0v) is 12.9.